The first kappa shape index (κ1) is 12.5. The maximum absolute atomic E-state index is 10.7. The van der Waals surface area contributed by atoms with Gasteiger partial charge in [-0.2, -0.15) is 0 Å². The Morgan fingerprint density at radius 1 is 1.38 bits per heavy atom. The zero-order valence-corrected chi connectivity index (χ0v) is 9.39. The van der Waals surface area contributed by atoms with E-state index in [0.29, 0.717) is 11.8 Å². The van der Waals surface area contributed by atoms with E-state index in [1.165, 1.54) is 19.3 Å². The minimum Gasteiger partial charge on any atom is -0.356 e. The van der Waals surface area contributed by atoms with E-state index in [1.807, 2.05) is 0 Å². The molecular weight excluding hydrogens is 162 g/mol. The van der Waals surface area contributed by atoms with Crippen molar-refractivity contribution in [3.63, 3.8) is 0 Å². The second-order valence-electron chi connectivity index (χ2n) is 4.08. The van der Waals surface area contributed by atoms with E-state index >= 15 is 0 Å². The van der Waals surface area contributed by atoms with Crippen molar-refractivity contribution >= 4 is 5.91 Å². The average molecular weight is 185 g/mol. The highest BCUT2D eigenvalue weighted by Gasteiger charge is 2.12. The lowest BCUT2D eigenvalue weighted by atomic mass is 9.90. The van der Waals surface area contributed by atoms with Crippen molar-refractivity contribution in [1.82, 2.24) is 5.32 Å². The molecule has 0 aliphatic rings. The van der Waals surface area contributed by atoms with Gasteiger partial charge in [-0.15, -0.1) is 0 Å². The van der Waals surface area contributed by atoms with Crippen LogP contribution in [0.5, 0.6) is 0 Å². The van der Waals surface area contributed by atoms with Gasteiger partial charge in [-0.1, -0.05) is 33.6 Å². The Labute approximate surface area is 82.1 Å². The molecule has 2 nitrogen and oxygen atoms in total. The first-order valence-electron chi connectivity index (χ1n) is 5.32. The lowest BCUT2D eigenvalue weighted by Gasteiger charge is -2.20. The van der Waals surface area contributed by atoms with Gasteiger partial charge in [0.25, 0.3) is 0 Å². The normalized spacial score (nSPS) is 13.0. The van der Waals surface area contributed by atoms with Crippen LogP contribution in [0.1, 0.15) is 47.0 Å². The number of carbonyl (C=O) groups is 1. The molecule has 13 heavy (non-hydrogen) atoms. The summed E-state index contributed by atoms with van der Waals surface area (Å²) in [5.41, 5.74) is 0. The van der Waals surface area contributed by atoms with Crippen LogP contribution in [-0.2, 0) is 4.79 Å². The molecule has 0 heterocycles. The van der Waals surface area contributed by atoms with Crippen LogP contribution in [0.2, 0.25) is 0 Å². The van der Waals surface area contributed by atoms with Gasteiger partial charge in [-0.25, -0.2) is 0 Å². The van der Waals surface area contributed by atoms with Gasteiger partial charge in [0.2, 0.25) is 5.91 Å². The molecule has 0 aromatic rings. The zero-order chi connectivity index (χ0) is 10.3. The Morgan fingerprint density at radius 3 is 2.38 bits per heavy atom. The average Bonchev–Trinajstić information content (AvgIpc) is 2.03. The molecule has 1 atom stereocenters. The van der Waals surface area contributed by atoms with Gasteiger partial charge in [-0.3, -0.25) is 4.79 Å². The summed E-state index contributed by atoms with van der Waals surface area (Å²) < 4.78 is 0. The van der Waals surface area contributed by atoms with Crippen molar-refractivity contribution in [3.05, 3.63) is 0 Å². The molecule has 0 fully saturated rings. The molecule has 0 aliphatic carbocycles. The van der Waals surface area contributed by atoms with Crippen LogP contribution in [-0.4, -0.2) is 12.5 Å². The van der Waals surface area contributed by atoms with Crippen molar-refractivity contribution in [2.45, 2.75) is 47.0 Å². The van der Waals surface area contributed by atoms with E-state index in [2.05, 4.69) is 26.1 Å². The third-order valence-corrected chi connectivity index (χ3v) is 2.48. The fourth-order valence-electron chi connectivity index (χ4n) is 1.41. The van der Waals surface area contributed by atoms with Crippen molar-refractivity contribution in [1.29, 1.82) is 0 Å². The number of unbranched alkanes of at least 4 members (excludes halogenated alkanes) is 1. The summed E-state index contributed by atoms with van der Waals surface area (Å²) >= 11 is 0. The minimum absolute atomic E-state index is 0.0853. The van der Waals surface area contributed by atoms with E-state index < -0.39 is 0 Å². The van der Waals surface area contributed by atoms with Gasteiger partial charge in [0.1, 0.15) is 0 Å². The number of hydrogen-bond acceptors (Lipinski definition) is 1. The van der Waals surface area contributed by atoms with E-state index in [-0.39, 0.29) is 5.91 Å². The topological polar surface area (TPSA) is 29.1 Å². The van der Waals surface area contributed by atoms with Crippen molar-refractivity contribution < 1.29 is 4.79 Å². The van der Waals surface area contributed by atoms with Crippen molar-refractivity contribution in [3.8, 4) is 0 Å². The Morgan fingerprint density at radius 2 is 2.00 bits per heavy atom. The molecular formula is C11H23NO. The predicted octanol–water partition coefficient (Wildman–Crippen LogP) is 2.58. The number of carbonyl (C=O) groups excluding carboxylic acids is 1. The van der Waals surface area contributed by atoms with Crippen molar-refractivity contribution in [2.24, 2.45) is 11.8 Å². The molecule has 0 radical (unpaired) electrons. The van der Waals surface area contributed by atoms with Gasteiger partial charge in [0.15, 0.2) is 0 Å². The lowest BCUT2D eigenvalue weighted by molar-refractivity contribution is -0.119. The summed E-state index contributed by atoms with van der Waals surface area (Å²) in [6.45, 7) is 9.07. The van der Waals surface area contributed by atoms with Crippen molar-refractivity contribution in [2.75, 3.05) is 6.54 Å². The third kappa shape index (κ3) is 6.62. The zero-order valence-electron chi connectivity index (χ0n) is 9.39. The van der Waals surface area contributed by atoms with Gasteiger partial charge >= 0.3 is 0 Å². The third-order valence-electron chi connectivity index (χ3n) is 2.48. The van der Waals surface area contributed by atoms with Crippen LogP contribution >= 0.6 is 0 Å². The van der Waals surface area contributed by atoms with Gasteiger partial charge < -0.3 is 5.32 Å². The molecule has 0 spiro atoms. The Kier molecular flexibility index (Phi) is 6.65. The largest absolute Gasteiger partial charge is 0.356 e. The highest BCUT2D eigenvalue weighted by molar-refractivity contribution is 5.72. The maximum atomic E-state index is 10.7. The van der Waals surface area contributed by atoms with Gasteiger partial charge in [-0.05, 0) is 18.3 Å². The van der Waals surface area contributed by atoms with E-state index in [4.69, 9.17) is 0 Å². The number of hydrogen-bond donors (Lipinski definition) is 1. The van der Waals surface area contributed by atoms with Crippen LogP contribution in [0.15, 0.2) is 0 Å². The van der Waals surface area contributed by atoms with Crippen LogP contribution < -0.4 is 5.32 Å². The highest BCUT2D eigenvalue weighted by Crippen LogP contribution is 2.16. The molecule has 78 valence electrons. The van der Waals surface area contributed by atoms with E-state index in [0.717, 1.165) is 6.54 Å². The summed E-state index contributed by atoms with van der Waals surface area (Å²) in [7, 11) is 0. The molecule has 1 N–H and O–H groups in total. The minimum atomic E-state index is 0.0853. The number of nitrogens with one attached hydrogen (secondary N) is 1. The number of amides is 1. The van der Waals surface area contributed by atoms with Crippen LogP contribution in [0, 0.1) is 11.8 Å². The molecule has 0 bridgehead atoms. The fraction of sp³-hybridized carbons (Fsp3) is 0.909. The first-order valence-corrected chi connectivity index (χ1v) is 5.32. The Hall–Kier alpha value is -0.530. The standard InChI is InChI=1S/C11H23NO/c1-5-6-7-11(9(2)3)8-12-10(4)13/h9,11H,5-8H2,1-4H3,(H,12,13). The summed E-state index contributed by atoms with van der Waals surface area (Å²) in [5.74, 6) is 1.39. The molecule has 0 rings (SSSR count). The highest BCUT2D eigenvalue weighted by atomic mass is 16.1. The SMILES string of the molecule is CCCCC(CNC(C)=O)C(C)C. The first-order chi connectivity index (χ1) is 6.07. The predicted molar refractivity (Wildman–Crippen MR) is 56.5 cm³/mol. The van der Waals surface area contributed by atoms with Crippen LogP contribution in [0.25, 0.3) is 0 Å². The quantitative estimate of drug-likeness (QED) is 0.677. The summed E-state index contributed by atoms with van der Waals surface area (Å²) in [5, 5.41) is 2.90. The van der Waals surface area contributed by atoms with E-state index in [1.54, 1.807) is 6.92 Å². The molecule has 0 aliphatic heterocycles. The second kappa shape index (κ2) is 6.93. The van der Waals surface area contributed by atoms with Gasteiger partial charge in [0, 0.05) is 13.5 Å². The molecule has 0 aromatic carbocycles. The monoisotopic (exact) mass is 185 g/mol. The molecule has 0 saturated carbocycles. The molecule has 1 amide bonds. The molecule has 1 unspecified atom stereocenters. The fourth-order valence-corrected chi connectivity index (χ4v) is 1.41. The van der Waals surface area contributed by atoms with Gasteiger partial charge in [0.05, 0.1) is 0 Å². The summed E-state index contributed by atoms with van der Waals surface area (Å²) in [6.07, 6.45) is 3.74. The van der Waals surface area contributed by atoms with E-state index in [9.17, 15) is 4.79 Å². The Bertz CT molecular complexity index is 143. The number of rotatable bonds is 6. The smallest absolute Gasteiger partial charge is 0.216 e. The molecule has 2 heteroatoms. The summed E-state index contributed by atoms with van der Waals surface area (Å²) in [4.78, 5) is 10.7. The Balaban J connectivity index is 3.73. The second-order valence-corrected chi connectivity index (χ2v) is 4.08. The maximum Gasteiger partial charge on any atom is 0.216 e. The van der Waals surface area contributed by atoms with Crippen LogP contribution in [0.3, 0.4) is 0 Å². The molecule has 0 saturated heterocycles. The molecule has 0 aromatic heterocycles. The summed E-state index contributed by atoms with van der Waals surface area (Å²) in [6, 6.07) is 0. The lowest BCUT2D eigenvalue weighted by Crippen LogP contribution is -2.29. The van der Waals surface area contributed by atoms with Crippen LogP contribution in [0.4, 0.5) is 0 Å².